The van der Waals surface area contributed by atoms with Crippen molar-refractivity contribution in [3.63, 3.8) is 0 Å². The van der Waals surface area contributed by atoms with Gasteiger partial charge in [0.2, 0.25) is 0 Å². The van der Waals surface area contributed by atoms with Crippen LogP contribution >= 0.6 is 0 Å². The van der Waals surface area contributed by atoms with E-state index in [9.17, 15) is 0 Å². The Bertz CT molecular complexity index is 213. The molecule has 8 nitrogen and oxygen atoms in total. The van der Waals surface area contributed by atoms with Crippen molar-refractivity contribution in [2.45, 2.75) is 0 Å². The summed E-state index contributed by atoms with van der Waals surface area (Å²) in [6, 6.07) is 0. The fraction of sp³-hybridized carbons (Fsp3) is 0. The standard InChI is InChI=1S/Ba.K.2H2O4S.3H/c;;2*1-5(2,3)4;;;/h;;2*(H2,1,2,3,4);;;. The summed E-state index contributed by atoms with van der Waals surface area (Å²) < 4.78 is 63.2. The maximum atomic E-state index is 8.74. The Hall–Kier alpha value is 2.95. The minimum absolute atomic E-state index is 0. The van der Waals surface area contributed by atoms with Crippen molar-refractivity contribution in [2.75, 3.05) is 0 Å². The van der Waals surface area contributed by atoms with E-state index < -0.39 is 20.8 Å². The van der Waals surface area contributed by atoms with E-state index in [1.807, 2.05) is 0 Å². The second-order valence-corrected chi connectivity index (χ2v) is 2.69. The Kier molecular flexibility index (Phi) is 21.2. The van der Waals surface area contributed by atoms with Gasteiger partial charge in [0.1, 0.15) is 0 Å². The Labute approximate surface area is 152 Å². The van der Waals surface area contributed by atoms with Gasteiger partial charge in [0, 0.05) is 0 Å². The first kappa shape index (κ1) is 24.3. The molecule has 0 bridgehead atoms. The Balaban J connectivity index is -0.0000000457. The second-order valence-electron chi connectivity index (χ2n) is 0.896. The molecule has 0 aromatic rings. The summed E-state index contributed by atoms with van der Waals surface area (Å²) in [5.41, 5.74) is 0. The molecule has 0 saturated heterocycles. The van der Waals surface area contributed by atoms with Crippen LogP contribution in [-0.2, 0) is 20.8 Å². The van der Waals surface area contributed by atoms with Crippen LogP contribution in [0.1, 0.15) is 0 Å². The first-order valence-corrected chi connectivity index (χ1v) is 4.19. The fourth-order valence-corrected chi connectivity index (χ4v) is 0. The summed E-state index contributed by atoms with van der Waals surface area (Å²) in [5.74, 6) is 0. The monoisotopic (exact) mass is 376 g/mol. The van der Waals surface area contributed by atoms with Gasteiger partial charge in [0.15, 0.2) is 0 Å². The van der Waals surface area contributed by atoms with Crippen LogP contribution < -0.4 is 0 Å². The summed E-state index contributed by atoms with van der Waals surface area (Å²) >= 11 is 0. The van der Waals surface area contributed by atoms with Crippen molar-refractivity contribution in [1.29, 1.82) is 0 Å². The van der Waals surface area contributed by atoms with Crippen LogP contribution in [-0.4, -0.2) is 135 Å². The van der Waals surface area contributed by atoms with Crippen LogP contribution in [0, 0.1) is 0 Å². The summed E-state index contributed by atoms with van der Waals surface area (Å²) in [6.07, 6.45) is 0. The van der Waals surface area contributed by atoms with Gasteiger partial charge in [0.05, 0.1) is 0 Å². The molecule has 0 fully saturated rings. The fourth-order valence-electron chi connectivity index (χ4n) is 0. The number of hydrogen-bond acceptors (Lipinski definition) is 4. The zero-order valence-corrected chi connectivity index (χ0v) is 5.87. The van der Waals surface area contributed by atoms with Gasteiger partial charge < -0.3 is 0 Å². The Morgan fingerprint density at radius 2 is 0.667 bits per heavy atom. The van der Waals surface area contributed by atoms with E-state index in [4.69, 9.17) is 35.0 Å². The first-order chi connectivity index (χ1) is 4.00. The maximum absolute atomic E-state index is 8.74. The average molecular weight is 376 g/mol. The zero-order chi connectivity index (χ0) is 9.00. The molecule has 0 saturated carbocycles. The van der Waals surface area contributed by atoms with E-state index in [-0.39, 0.29) is 100 Å². The number of hydrogen-bond donors (Lipinski definition) is 4. The van der Waals surface area contributed by atoms with Crippen molar-refractivity contribution < 1.29 is 35.0 Å². The summed E-state index contributed by atoms with van der Waals surface area (Å²) in [5, 5.41) is 0. The molecule has 0 aliphatic carbocycles. The molecular formula is H7BaKO8S2. The topological polar surface area (TPSA) is 149 Å². The Morgan fingerprint density at radius 1 is 0.667 bits per heavy atom. The van der Waals surface area contributed by atoms with Gasteiger partial charge in [-0.05, 0) is 0 Å². The van der Waals surface area contributed by atoms with E-state index in [0.717, 1.165) is 0 Å². The van der Waals surface area contributed by atoms with Gasteiger partial charge in [-0.1, -0.05) is 0 Å². The first-order valence-electron chi connectivity index (χ1n) is 1.40. The SMILES string of the molecule is O=S(=O)(O)O.O=S(=O)(O)O.[BaH2].[KH]. The van der Waals surface area contributed by atoms with E-state index in [0.29, 0.717) is 0 Å². The molecule has 0 radical (unpaired) electrons. The summed E-state index contributed by atoms with van der Waals surface area (Å²) in [7, 11) is -9.33. The van der Waals surface area contributed by atoms with Crippen molar-refractivity contribution in [3.8, 4) is 0 Å². The summed E-state index contributed by atoms with van der Waals surface area (Å²) in [4.78, 5) is 0. The van der Waals surface area contributed by atoms with Gasteiger partial charge in [-0.3, -0.25) is 18.2 Å². The van der Waals surface area contributed by atoms with Crippen LogP contribution in [0.3, 0.4) is 0 Å². The second kappa shape index (κ2) is 10.5. The molecule has 0 unspecified atom stereocenters. The quantitative estimate of drug-likeness (QED) is 0.261. The molecule has 0 aliphatic rings. The van der Waals surface area contributed by atoms with Crippen LogP contribution in [0.5, 0.6) is 0 Å². The third-order valence-corrected chi connectivity index (χ3v) is 0. The normalized spacial score (nSPS) is 9.67. The van der Waals surface area contributed by atoms with Crippen LogP contribution in [0.15, 0.2) is 0 Å². The Morgan fingerprint density at radius 3 is 0.667 bits per heavy atom. The molecule has 0 aromatic carbocycles. The minimum atomic E-state index is -4.67. The molecule has 0 amide bonds. The molecule has 70 valence electrons. The van der Waals surface area contributed by atoms with Crippen molar-refractivity contribution in [1.82, 2.24) is 0 Å². The summed E-state index contributed by atoms with van der Waals surface area (Å²) in [6.45, 7) is 0. The van der Waals surface area contributed by atoms with E-state index in [1.165, 1.54) is 0 Å². The molecule has 0 heterocycles. The molecule has 12 heavy (non-hydrogen) atoms. The van der Waals surface area contributed by atoms with E-state index in [1.54, 1.807) is 0 Å². The molecule has 0 rings (SSSR count). The van der Waals surface area contributed by atoms with E-state index >= 15 is 0 Å². The third kappa shape index (κ3) is 213. The molecular weight excluding hydrogens is 369 g/mol. The predicted molar refractivity (Wildman–Crippen MR) is 44.0 cm³/mol. The zero-order valence-electron chi connectivity index (χ0n) is 4.24. The van der Waals surface area contributed by atoms with Gasteiger partial charge in [0.25, 0.3) is 0 Å². The van der Waals surface area contributed by atoms with Crippen molar-refractivity contribution in [3.05, 3.63) is 0 Å². The van der Waals surface area contributed by atoms with Gasteiger partial charge >= 0.3 is 121 Å². The van der Waals surface area contributed by atoms with Crippen LogP contribution in [0.25, 0.3) is 0 Å². The van der Waals surface area contributed by atoms with Crippen molar-refractivity contribution in [2.24, 2.45) is 0 Å². The molecule has 12 heteroatoms. The number of rotatable bonds is 0. The molecule has 0 atom stereocenters. The molecule has 0 aromatic heterocycles. The average Bonchev–Trinajstić information content (AvgIpc) is 1.12. The molecule has 4 N–H and O–H groups in total. The van der Waals surface area contributed by atoms with E-state index in [2.05, 4.69) is 0 Å². The van der Waals surface area contributed by atoms with Gasteiger partial charge in [-0.25, -0.2) is 0 Å². The van der Waals surface area contributed by atoms with Crippen LogP contribution in [0.4, 0.5) is 0 Å². The third-order valence-electron chi connectivity index (χ3n) is 0. The molecule has 0 aliphatic heterocycles. The van der Waals surface area contributed by atoms with Crippen LogP contribution in [0.2, 0.25) is 0 Å². The predicted octanol–water partition coefficient (Wildman–Crippen LogP) is -2.87. The van der Waals surface area contributed by atoms with Gasteiger partial charge in [-0.15, -0.1) is 0 Å². The van der Waals surface area contributed by atoms with Crippen molar-refractivity contribution >= 4 is 121 Å². The van der Waals surface area contributed by atoms with Gasteiger partial charge in [-0.2, -0.15) is 16.8 Å². The molecule has 0 spiro atoms.